The number of hydrogen-bond acceptors (Lipinski definition) is 9. The molecule has 2 aromatic heterocycles. The number of carbonyl (C=O) groups excluding carboxylic acids is 3. The number of methoxy groups -OCH3 is 4. The first-order valence-corrected chi connectivity index (χ1v) is 18.6. The predicted octanol–water partition coefficient (Wildman–Crippen LogP) is 9.01. The number of ether oxygens (including phenoxy) is 5. The van der Waals surface area contributed by atoms with E-state index in [0.717, 1.165) is 81.0 Å². The number of aromatic nitrogens is 2. The maximum absolute atomic E-state index is 12.4. The number of nitrogens with two attached hydrogens (primary N) is 1. The molecule has 0 atom stereocenters. The van der Waals surface area contributed by atoms with Crippen LogP contribution in [0, 0.1) is 0 Å². The Kier molecular flexibility index (Phi) is 15.2. The Bertz CT molecular complexity index is 2390. The molecule has 6 aromatic rings. The van der Waals surface area contributed by atoms with E-state index in [9.17, 15) is 14.4 Å². The smallest absolute Gasteiger partial charge is 0.337 e. The molecule has 0 saturated heterocycles. The lowest BCUT2D eigenvalue weighted by molar-refractivity contribution is -0.147. The largest absolute Gasteiger partial charge is 0.496 e. The van der Waals surface area contributed by atoms with Crippen LogP contribution in [0.4, 0.5) is 5.69 Å². The van der Waals surface area contributed by atoms with Gasteiger partial charge in [0, 0.05) is 66.8 Å². The number of benzene rings is 4. The van der Waals surface area contributed by atoms with Crippen molar-refractivity contribution in [3.63, 3.8) is 0 Å². The molecule has 58 heavy (non-hydrogen) atoms. The Balaban J connectivity index is 0.000000258. The van der Waals surface area contributed by atoms with Crippen molar-refractivity contribution in [3.05, 3.63) is 124 Å². The molecule has 0 radical (unpaired) electrons. The third-order valence-electron chi connectivity index (χ3n) is 10.4. The number of aryl methyl sites for hydroxylation is 2. The lowest BCUT2D eigenvalue weighted by Gasteiger charge is -2.12. The zero-order valence-electron chi connectivity index (χ0n) is 32.8. The van der Waals surface area contributed by atoms with Crippen molar-refractivity contribution < 1.29 is 38.1 Å². The zero-order chi connectivity index (χ0) is 39.9. The summed E-state index contributed by atoms with van der Waals surface area (Å²) in [5.41, 5.74) is 15.0. The maximum atomic E-state index is 12.4. The quantitative estimate of drug-likeness (QED) is 0.0776. The Hall–Kier alpha value is -6.23. The summed E-state index contributed by atoms with van der Waals surface area (Å²) in [5, 5.41) is 2.22. The molecule has 1 saturated carbocycles. The van der Waals surface area contributed by atoms with Gasteiger partial charge in [0.05, 0.1) is 46.0 Å². The van der Waals surface area contributed by atoms with E-state index < -0.39 is 5.97 Å². The molecule has 2 heterocycles. The second-order valence-electron chi connectivity index (χ2n) is 14.1. The number of nitrogens with zero attached hydrogens (tertiary/aromatic N) is 2. The fourth-order valence-corrected chi connectivity index (χ4v) is 7.49. The molecular weight excluding hydrogens is 735 g/mol. The number of anilines is 1. The number of rotatable bonds is 11. The van der Waals surface area contributed by atoms with Gasteiger partial charge in [-0.1, -0.05) is 33.1 Å². The van der Waals surface area contributed by atoms with Gasteiger partial charge in [-0.25, -0.2) is 9.59 Å². The van der Waals surface area contributed by atoms with Gasteiger partial charge in [0.2, 0.25) is 0 Å². The van der Waals surface area contributed by atoms with Crippen molar-refractivity contribution in [2.24, 2.45) is 14.1 Å². The molecule has 0 spiro atoms. The third kappa shape index (κ3) is 10.0. The summed E-state index contributed by atoms with van der Waals surface area (Å²) in [6, 6.07) is 22.7. The first-order valence-electron chi connectivity index (χ1n) is 18.6. The molecule has 1 fully saturated rings. The van der Waals surface area contributed by atoms with Crippen LogP contribution in [0.3, 0.4) is 0 Å². The fourth-order valence-electron chi connectivity index (χ4n) is 7.49. The van der Waals surface area contributed by atoms with Crippen LogP contribution in [-0.2, 0) is 52.4 Å². The highest BCUT2D eigenvalue weighted by Gasteiger charge is 2.20. The van der Waals surface area contributed by atoms with Crippen LogP contribution in [0.25, 0.3) is 21.8 Å². The van der Waals surface area contributed by atoms with Gasteiger partial charge in [-0.15, -0.1) is 0 Å². The minimum Gasteiger partial charge on any atom is -0.496 e. The monoisotopic (exact) mass is 791 g/mol. The second kappa shape index (κ2) is 19.8. The third-order valence-corrected chi connectivity index (χ3v) is 10.4. The molecular formula is C47H57N3O8. The Morgan fingerprint density at radius 3 is 1.60 bits per heavy atom. The lowest BCUT2D eigenvalue weighted by atomic mass is 10.00. The number of hydrogen-bond donors (Lipinski definition) is 1. The van der Waals surface area contributed by atoms with Crippen LogP contribution < -0.4 is 15.2 Å². The summed E-state index contributed by atoms with van der Waals surface area (Å²) in [4.78, 5) is 35.9. The van der Waals surface area contributed by atoms with Crippen molar-refractivity contribution in [2.75, 3.05) is 34.2 Å². The minimum absolute atomic E-state index is 0. The average molecular weight is 792 g/mol. The van der Waals surface area contributed by atoms with Crippen LogP contribution in [0.5, 0.6) is 11.5 Å². The van der Waals surface area contributed by atoms with E-state index in [-0.39, 0.29) is 39.3 Å². The molecule has 308 valence electrons. The molecule has 2 N–H and O–H groups in total. The van der Waals surface area contributed by atoms with E-state index in [1.807, 2.05) is 50.5 Å². The van der Waals surface area contributed by atoms with Crippen LogP contribution in [-0.4, -0.2) is 61.6 Å². The van der Waals surface area contributed by atoms with Gasteiger partial charge in [0.25, 0.3) is 0 Å². The van der Waals surface area contributed by atoms with Crippen molar-refractivity contribution in [1.82, 2.24) is 9.13 Å². The number of carbonyl (C=O) groups is 3. The summed E-state index contributed by atoms with van der Waals surface area (Å²) in [6.45, 7) is 0. The van der Waals surface area contributed by atoms with E-state index in [0.29, 0.717) is 35.5 Å². The van der Waals surface area contributed by atoms with Crippen LogP contribution in [0.1, 0.15) is 89.1 Å². The van der Waals surface area contributed by atoms with Gasteiger partial charge in [-0.2, -0.15) is 0 Å². The number of nitrogen functional groups attached to an aromatic ring is 1. The molecule has 1 aliphatic carbocycles. The molecule has 4 aromatic carbocycles. The van der Waals surface area contributed by atoms with Crippen LogP contribution >= 0.6 is 0 Å². The maximum Gasteiger partial charge on any atom is 0.337 e. The van der Waals surface area contributed by atoms with Crippen molar-refractivity contribution in [3.8, 4) is 11.5 Å². The predicted molar refractivity (Wildman–Crippen MR) is 230 cm³/mol. The first-order chi connectivity index (χ1) is 27.0. The molecule has 0 amide bonds. The summed E-state index contributed by atoms with van der Waals surface area (Å²) in [5.74, 6) is 0.376. The second-order valence-corrected chi connectivity index (χ2v) is 14.1. The van der Waals surface area contributed by atoms with E-state index >= 15 is 0 Å². The highest BCUT2D eigenvalue weighted by molar-refractivity contribution is 5.91. The standard InChI is InChI=1S/C26H29NO5.C19H20N2O3.2CH4/c1-27-16-20(14-18-9-10-19(26(29)31-3)15-24(18)30-2)22-12-17(8-11-23(22)27)13-25(28)32-21-6-4-5-7-21;1-21-11-14(16-10-15(20)6-7-17(16)21)8-12-4-5-13(19(22)24-3)9-18(12)23-2;;/h8-12,15-16,21H,4-7,13-14H2,1-3H3;4-7,9-11H,8,20H2,1-3H3;2*1H4. The molecule has 0 aliphatic heterocycles. The van der Waals surface area contributed by atoms with Crippen molar-refractivity contribution in [1.29, 1.82) is 0 Å². The average Bonchev–Trinajstić information content (AvgIpc) is 3.91. The Morgan fingerprint density at radius 1 is 0.638 bits per heavy atom. The van der Waals surface area contributed by atoms with Gasteiger partial charge in [-0.05, 0) is 108 Å². The summed E-state index contributed by atoms with van der Waals surface area (Å²) in [7, 11) is 9.94. The molecule has 0 unspecified atom stereocenters. The van der Waals surface area contributed by atoms with Crippen LogP contribution in [0.2, 0.25) is 0 Å². The first kappa shape index (κ1) is 44.5. The van der Waals surface area contributed by atoms with Gasteiger partial charge in [0.15, 0.2) is 0 Å². The van der Waals surface area contributed by atoms with Gasteiger partial charge < -0.3 is 38.6 Å². The van der Waals surface area contributed by atoms with E-state index in [1.165, 1.54) is 14.2 Å². The molecule has 7 rings (SSSR count). The van der Waals surface area contributed by atoms with E-state index in [1.54, 1.807) is 38.5 Å². The van der Waals surface area contributed by atoms with Crippen molar-refractivity contribution >= 4 is 45.4 Å². The topological polar surface area (TPSA) is 133 Å². The molecule has 0 bridgehead atoms. The highest BCUT2D eigenvalue weighted by Crippen LogP contribution is 2.31. The lowest BCUT2D eigenvalue weighted by Crippen LogP contribution is -2.16. The molecule has 1 aliphatic rings. The van der Waals surface area contributed by atoms with E-state index in [2.05, 4.69) is 33.7 Å². The highest BCUT2D eigenvalue weighted by atomic mass is 16.5. The summed E-state index contributed by atoms with van der Waals surface area (Å²) in [6.07, 6.45) is 10.1. The fraction of sp³-hybridized carbons (Fsp3) is 0.340. The van der Waals surface area contributed by atoms with Gasteiger partial charge >= 0.3 is 17.9 Å². The summed E-state index contributed by atoms with van der Waals surface area (Å²) < 4.78 is 30.4. The van der Waals surface area contributed by atoms with Gasteiger partial charge in [0.1, 0.15) is 17.6 Å². The molecule has 11 nitrogen and oxygen atoms in total. The SMILES string of the molecule is C.C.COC(=O)c1ccc(Cc2cn(C)c3ccc(CC(=O)OC4CCCC4)cc23)c(OC)c1.COC(=O)c1ccc(Cc2cn(C)c3ccc(N)cc23)c(OC)c1. The number of esters is 3. The van der Waals surface area contributed by atoms with E-state index in [4.69, 9.17) is 29.4 Å². The Labute approximate surface area is 341 Å². The van der Waals surface area contributed by atoms with Crippen molar-refractivity contribution in [2.45, 2.75) is 65.9 Å². The molecule has 11 heteroatoms. The van der Waals surface area contributed by atoms with Gasteiger partial charge in [-0.3, -0.25) is 4.79 Å². The van der Waals surface area contributed by atoms with Crippen LogP contribution in [0.15, 0.2) is 85.2 Å². The minimum atomic E-state index is -0.394. The normalized spacial score (nSPS) is 12.2. The zero-order valence-corrected chi connectivity index (χ0v) is 32.8. The Morgan fingerprint density at radius 2 is 1.12 bits per heavy atom. The summed E-state index contributed by atoms with van der Waals surface area (Å²) >= 11 is 0. The number of fused-ring (bicyclic) bond motifs is 2.